The molecule has 174 valence electrons. The van der Waals surface area contributed by atoms with Crippen LogP contribution in [-0.4, -0.2) is 37.6 Å². The molecule has 0 unspecified atom stereocenters. The van der Waals surface area contributed by atoms with E-state index in [-0.39, 0.29) is 23.8 Å². The number of amides is 1. The third kappa shape index (κ3) is 4.00. The molecule has 0 saturated heterocycles. The van der Waals surface area contributed by atoms with Gasteiger partial charge in [-0.25, -0.2) is 9.97 Å². The highest BCUT2D eigenvalue weighted by Crippen LogP contribution is 2.47. The molecule has 1 fully saturated rings. The van der Waals surface area contributed by atoms with E-state index in [1.807, 2.05) is 30.5 Å². The van der Waals surface area contributed by atoms with E-state index in [1.165, 1.54) is 0 Å². The number of hydrogen-bond donors (Lipinski definition) is 3. The summed E-state index contributed by atoms with van der Waals surface area (Å²) in [6.45, 7) is 2.49. The number of nitrogens with zero attached hydrogens (tertiary/aromatic N) is 4. The third-order valence-electron chi connectivity index (χ3n) is 6.20. The molecule has 0 radical (unpaired) electrons. The van der Waals surface area contributed by atoms with E-state index in [1.54, 1.807) is 25.3 Å². The number of methoxy groups -OCH3 is 1. The van der Waals surface area contributed by atoms with Crippen molar-refractivity contribution >= 4 is 28.4 Å². The van der Waals surface area contributed by atoms with Gasteiger partial charge in [-0.2, -0.15) is 0 Å². The summed E-state index contributed by atoms with van der Waals surface area (Å²) >= 11 is 0. The van der Waals surface area contributed by atoms with Crippen molar-refractivity contribution in [3.05, 3.63) is 65.7 Å². The van der Waals surface area contributed by atoms with Crippen molar-refractivity contribution in [1.29, 1.82) is 0 Å². The number of rotatable bonds is 7. The number of carbonyl (C=O) groups excluding carboxylic acids is 1. The highest BCUT2D eigenvalue weighted by Gasteiger charge is 2.41. The Bertz CT molecular complexity index is 1380. The van der Waals surface area contributed by atoms with Gasteiger partial charge in [0.05, 0.1) is 30.0 Å². The zero-order valence-corrected chi connectivity index (χ0v) is 19.1. The zero-order valence-electron chi connectivity index (χ0n) is 19.1. The Balaban J connectivity index is 1.55. The molecule has 1 aromatic carbocycles. The molecule has 1 aliphatic rings. The van der Waals surface area contributed by atoms with Crippen molar-refractivity contribution in [3.8, 4) is 11.3 Å². The Hall–Kier alpha value is -3.82. The minimum absolute atomic E-state index is 0.00168. The Labute approximate surface area is 196 Å². The minimum Gasteiger partial charge on any atom is -0.390 e. The minimum atomic E-state index is -0.441. The van der Waals surface area contributed by atoms with Crippen LogP contribution in [0.25, 0.3) is 22.3 Å². The highest BCUT2D eigenvalue weighted by atomic mass is 16.5. The maximum absolute atomic E-state index is 13.0. The lowest BCUT2D eigenvalue weighted by molar-refractivity contribution is 0.101. The molecule has 9 nitrogen and oxygen atoms in total. The van der Waals surface area contributed by atoms with Gasteiger partial charge in [-0.3, -0.25) is 9.78 Å². The Morgan fingerprint density at radius 3 is 2.62 bits per heavy atom. The average Bonchev–Trinajstić information content (AvgIpc) is 3.46. The second kappa shape index (κ2) is 8.51. The predicted octanol–water partition coefficient (Wildman–Crippen LogP) is 3.48. The van der Waals surface area contributed by atoms with Gasteiger partial charge in [0.2, 0.25) is 5.82 Å². The van der Waals surface area contributed by atoms with E-state index in [0.717, 1.165) is 24.0 Å². The number of nitrogen functional groups attached to an aromatic ring is 1. The number of ether oxygens (including phenoxy) is 1. The molecule has 5 rings (SSSR count). The number of aliphatic hydroxyl groups is 1. The highest BCUT2D eigenvalue weighted by molar-refractivity contribution is 6.06. The number of hydrogen-bond acceptors (Lipinski definition) is 7. The van der Waals surface area contributed by atoms with E-state index in [2.05, 4.69) is 31.8 Å². The second-order valence-electron chi connectivity index (χ2n) is 8.80. The van der Waals surface area contributed by atoms with E-state index >= 15 is 0 Å². The molecule has 4 aromatic rings. The molecular weight excluding hydrogens is 432 g/mol. The monoisotopic (exact) mass is 458 g/mol. The summed E-state index contributed by atoms with van der Waals surface area (Å²) in [6, 6.07) is 12.8. The van der Waals surface area contributed by atoms with Gasteiger partial charge in [-0.05, 0) is 49.6 Å². The Morgan fingerprint density at radius 2 is 1.94 bits per heavy atom. The van der Waals surface area contributed by atoms with Crippen molar-refractivity contribution in [2.75, 3.05) is 18.2 Å². The maximum Gasteiger partial charge on any atom is 0.293 e. The molecule has 1 amide bonds. The summed E-state index contributed by atoms with van der Waals surface area (Å²) in [5.41, 5.74) is 10.5. The first-order valence-corrected chi connectivity index (χ1v) is 11.1. The molecule has 0 spiro atoms. The van der Waals surface area contributed by atoms with Crippen LogP contribution in [0.5, 0.6) is 0 Å². The number of benzene rings is 1. The smallest absolute Gasteiger partial charge is 0.293 e. The maximum atomic E-state index is 13.0. The third-order valence-corrected chi connectivity index (χ3v) is 6.20. The number of carbonyl (C=O) groups is 1. The van der Waals surface area contributed by atoms with Gasteiger partial charge < -0.3 is 25.5 Å². The van der Waals surface area contributed by atoms with Crippen LogP contribution in [0.4, 0.5) is 11.5 Å². The first kappa shape index (κ1) is 22.0. The predicted molar refractivity (Wildman–Crippen MR) is 129 cm³/mol. The number of nitrogens with two attached hydrogens (primary N) is 1. The van der Waals surface area contributed by atoms with Gasteiger partial charge in [0.25, 0.3) is 5.91 Å². The molecule has 1 aliphatic carbocycles. The van der Waals surface area contributed by atoms with E-state index in [4.69, 9.17) is 10.5 Å². The summed E-state index contributed by atoms with van der Waals surface area (Å²) < 4.78 is 7.19. The van der Waals surface area contributed by atoms with Gasteiger partial charge >= 0.3 is 0 Å². The van der Waals surface area contributed by atoms with Crippen molar-refractivity contribution in [2.45, 2.75) is 38.5 Å². The fourth-order valence-corrected chi connectivity index (χ4v) is 4.04. The summed E-state index contributed by atoms with van der Waals surface area (Å²) in [6.07, 6.45) is 3.97. The normalized spacial score (nSPS) is 14.3. The van der Waals surface area contributed by atoms with Crippen LogP contribution in [-0.2, 0) is 23.5 Å². The molecule has 0 aliphatic heterocycles. The Kier molecular flexibility index (Phi) is 5.51. The topological polar surface area (TPSA) is 128 Å². The number of aliphatic hydroxyl groups excluding tert-OH is 1. The summed E-state index contributed by atoms with van der Waals surface area (Å²) in [4.78, 5) is 26.5. The van der Waals surface area contributed by atoms with Crippen LogP contribution in [0, 0.1) is 0 Å². The number of anilines is 2. The van der Waals surface area contributed by atoms with E-state index in [9.17, 15) is 9.90 Å². The van der Waals surface area contributed by atoms with Crippen molar-refractivity contribution in [1.82, 2.24) is 19.5 Å². The number of aromatic nitrogens is 4. The largest absolute Gasteiger partial charge is 0.390 e. The van der Waals surface area contributed by atoms with Gasteiger partial charge in [-0.15, -0.1) is 0 Å². The fourth-order valence-electron chi connectivity index (χ4n) is 4.04. The van der Waals surface area contributed by atoms with E-state index < -0.39 is 5.91 Å². The molecule has 3 heterocycles. The van der Waals surface area contributed by atoms with Crippen molar-refractivity contribution in [2.24, 2.45) is 0 Å². The molecular formula is C25H26N6O3. The summed E-state index contributed by atoms with van der Waals surface area (Å²) in [5, 5.41) is 13.0. The quantitative estimate of drug-likeness (QED) is 0.387. The van der Waals surface area contributed by atoms with Crippen LogP contribution >= 0.6 is 0 Å². The molecule has 4 N–H and O–H groups in total. The van der Waals surface area contributed by atoms with E-state index in [0.29, 0.717) is 34.7 Å². The number of pyridine rings is 1. The fraction of sp³-hybridized carbons (Fsp3) is 0.280. The van der Waals surface area contributed by atoms with Crippen molar-refractivity contribution in [3.63, 3.8) is 0 Å². The Morgan fingerprint density at radius 1 is 1.18 bits per heavy atom. The standard InChI is InChI=1S/C25H26N6O3/c1-25(10-11-25)31-12-18(19-5-3-4-17(13-32)27-19)20-21(26)29-22(30-23(20)31)24(33)28-16-8-6-15(7-9-16)14-34-2/h3-9,12,32H,10-11,13-14H2,1-2H3,(H,28,33)(H2,26,29,30). The van der Waals surface area contributed by atoms with Gasteiger partial charge in [0, 0.05) is 30.1 Å². The average molecular weight is 459 g/mol. The number of nitrogens with one attached hydrogen (secondary N) is 1. The molecule has 34 heavy (non-hydrogen) atoms. The van der Waals surface area contributed by atoms with Gasteiger partial charge in [-0.1, -0.05) is 18.2 Å². The zero-order chi connectivity index (χ0) is 23.9. The molecule has 1 saturated carbocycles. The van der Waals surface area contributed by atoms with Gasteiger partial charge in [0.15, 0.2) is 0 Å². The lowest BCUT2D eigenvalue weighted by atomic mass is 10.1. The summed E-state index contributed by atoms with van der Waals surface area (Å²) in [5.74, 6) is -0.235. The van der Waals surface area contributed by atoms with Crippen LogP contribution in [0.1, 0.15) is 41.6 Å². The molecule has 3 aromatic heterocycles. The molecule has 9 heteroatoms. The lowest BCUT2D eigenvalue weighted by Gasteiger charge is -2.13. The molecule has 0 bridgehead atoms. The lowest BCUT2D eigenvalue weighted by Crippen LogP contribution is -2.18. The molecule has 0 atom stereocenters. The van der Waals surface area contributed by atoms with Crippen LogP contribution in [0.15, 0.2) is 48.7 Å². The summed E-state index contributed by atoms with van der Waals surface area (Å²) in [7, 11) is 1.64. The first-order valence-electron chi connectivity index (χ1n) is 11.1. The second-order valence-corrected chi connectivity index (χ2v) is 8.80. The van der Waals surface area contributed by atoms with Crippen molar-refractivity contribution < 1.29 is 14.6 Å². The first-order chi connectivity index (χ1) is 16.4. The van der Waals surface area contributed by atoms with Crippen LogP contribution in [0.3, 0.4) is 0 Å². The number of fused-ring (bicyclic) bond motifs is 1. The van der Waals surface area contributed by atoms with Gasteiger partial charge in [0.1, 0.15) is 11.5 Å². The SMILES string of the molecule is COCc1ccc(NC(=O)c2nc(N)c3c(-c4cccc(CO)n4)cn(C4(C)CC4)c3n2)cc1. The van der Waals surface area contributed by atoms with Crippen LogP contribution in [0.2, 0.25) is 0 Å². The van der Waals surface area contributed by atoms with Crippen LogP contribution < -0.4 is 11.1 Å².